The molecule has 0 saturated heterocycles. The first-order chi connectivity index (χ1) is 7.29. The minimum absolute atomic E-state index is 0. The molecule has 2 aliphatic rings. The Morgan fingerprint density at radius 2 is 2.31 bits per heavy atom. The van der Waals surface area contributed by atoms with E-state index in [4.69, 9.17) is 15.1 Å². The number of fused-ring (bicyclic) bond motifs is 2. The molecule has 16 heavy (non-hydrogen) atoms. The molecule has 2 heterocycles. The molecule has 0 saturated carbocycles. The van der Waals surface area contributed by atoms with Crippen molar-refractivity contribution in [2.45, 2.75) is 12.5 Å². The minimum Gasteiger partial charge on any atom is -0.493 e. The summed E-state index contributed by atoms with van der Waals surface area (Å²) in [5.41, 5.74) is 8.53. The third kappa shape index (κ3) is 1.60. The fourth-order valence-electron chi connectivity index (χ4n) is 2.24. The minimum atomic E-state index is -0.834. The normalized spacial score (nSPS) is 21.1. The number of benzene rings is 1. The van der Waals surface area contributed by atoms with Gasteiger partial charge in [-0.3, -0.25) is 0 Å². The van der Waals surface area contributed by atoms with Gasteiger partial charge in [0.15, 0.2) is 0 Å². The molecule has 2 aliphatic heterocycles. The fraction of sp³-hybridized carbons (Fsp3) is 0.400. The van der Waals surface area contributed by atoms with Gasteiger partial charge in [0.05, 0.1) is 12.7 Å². The second-order valence-electron chi connectivity index (χ2n) is 3.90. The molecule has 0 amide bonds. The van der Waals surface area contributed by atoms with Crippen molar-refractivity contribution in [1.29, 1.82) is 0 Å². The van der Waals surface area contributed by atoms with E-state index in [-0.39, 0.29) is 18.5 Å². The summed E-state index contributed by atoms with van der Waals surface area (Å²) in [7, 11) is -0.834. The van der Waals surface area contributed by atoms with Crippen molar-refractivity contribution in [3.63, 3.8) is 0 Å². The van der Waals surface area contributed by atoms with Gasteiger partial charge in [-0.05, 0) is 22.7 Å². The summed E-state index contributed by atoms with van der Waals surface area (Å²) >= 11 is 0. The van der Waals surface area contributed by atoms with E-state index in [9.17, 15) is 5.02 Å². The first kappa shape index (κ1) is 11.7. The smallest absolute Gasteiger partial charge is 0.492 e. The molecule has 1 aromatic rings. The Balaban J connectivity index is 0.000000963. The van der Waals surface area contributed by atoms with Crippen LogP contribution < -0.4 is 15.9 Å². The average molecular weight is 241 g/mol. The highest BCUT2D eigenvalue weighted by Gasteiger charge is 2.36. The molecule has 6 heteroatoms. The third-order valence-corrected chi connectivity index (χ3v) is 3.02. The molecule has 1 atom stereocenters. The summed E-state index contributed by atoms with van der Waals surface area (Å²) in [5.74, 6) is 0.907. The maximum Gasteiger partial charge on any atom is 0.492 e. The lowest BCUT2D eigenvalue weighted by atomic mass is 9.78. The van der Waals surface area contributed by atoms with Gasteiger partial charge in [0, 0.05) is 13.0 Å². The van der Waals surface area contributed by atoms with Crippen molar-refractivity contribution in [2.24, 2.45) is 5.73 Å². The van der Waals surface area contributed by atoms with Crippen LogP contribution >= 0.6 is 12.4 Å². The number of nitrogens with two attached hydrogens (primary N) is 1. The van der Waals surface area contributed by atoms with Gasteiger partial charge in [-0.2, -0.15) is 0 Å². The van der Waals surface area contributed by atoms with E-state index in [0.717, 1.165) is 35.4 Å². The monoisotopic (exact) mass is 241 g/mol. The number of ether oxygens (including phenoxy) is 1. The quantitative estimate of drug-likeness (QED) is 0.666. The fourth-order valence-corrected chi connectivity index (χ4v) is 2.24. The predicted octanol–water partition coefficient (Wildman–Crippen LogP) is -0.239. The average Bonchev–Trinajstić information content (AvgIpc) is 2.81. The molecular weight excluding hydrogens is 228 g/mol. The standard InChI is InChI=1S/C10H12BNO3.ClH/c12-5-10-7-4-9-6(1-2-14-9)3-8(7)11(13)15-10;/h3-4,10,13H,1-2,5,12H2;1H. The molecule has 3 rings (SSSR count). The molecule has 86 valence electrons. The van der Waals surface area contributed by atoms with Crippen LogP contribution in [0.25, 0.3) is 0 Å². The molecule has 0 bridgehead atoms. The van der Waals surface area contributed by atoms with Crippen LogP contribution in [0.3, 0.4) is 0 Å². The lowest BCUT2D eigenvalue weighted by Gasteiger charge is -2.09. The van der Waals surface area contributed by atoms with E-state index in [2.05, 4.69) is 0 Å². The highest BCUT2D eigenvalue weighted by atomic mass is 35.5. The summed E-state index contributed by atoms with van der Waals surface area (Å²) < 4.78 is 10.8. The Kier molecular flexibility index (Phi) is 3.12. The van der Waals surface area contributed by atoms with Crippen molar-refractivity contribution in [2.75, 3.05) is 13.2 Å². The Hall–Kier alpha value is -0.745. The van der Waals surface area contributed by atoms with Crippen LogP contribution in [0.15, 0.2) is 12.1 Å². The summed E-state index contributed by atoms with van der Waals surface area (Å²) in [6.07, 6.45) is 0.701. The van der Waals surface area contributed by atoms with Crippen molar-refractivity contribution in [1.82, 2.24) is 0 Å². The highest BCUT2D eigenvalue weighted by Crippen LogP contribution is 2.31. The zero-order chi connectivity index (χ0) is 10.4. The number of halogens is 1. The lowest BCUT2D eigenvalue weighted by molar-refractivity contribution is 0.197. The van der Waals surface area contributed by atoms with E-state index >= 15 is 0 Å². The van der Waals surface area contributed by atoms with Gasteiger partial charge in [0.25, 0.3) is 0 Å². The first-order valence-corrected chi connectivity index (χ1v) is 5.12. The third-order valence-electron chi connectivity index (χ3n) is 3.02. The van der Waals surface area contributed by atoms with E-state index < -0.39 is 7.12 Å². The molecule has 0 aliphatic carbocycles. The van der Waals surface area contributed by atoms with Crippen LogP contribution in [0.1, 0.15) is 17.2 Å². The van der Waals surface area contributed by atoms with E-state index in [1.54, 1.807) is 0 Å². The maximum absolute atomic E-state index is 9.70. The van der Waals surface area contributed by atoms with Crippen molar-refractivity contribution < 1.29 is 14.4 Å². The summed E-state index contributed by atoms with van der Waals surface area (Å²) in [6.45, 7) is 1.10. The Morgan fingerprint density at radius 3 is 3.06 bits per heavy atom. The molecule has 1 aromatic carbocycles. The zero-order valence-electron chi connectivity index (χ0n) is 8.68. The molecule has 0 spiro atoms. The molecule has 0 aromatic heterocycles. The molecule has 1 unspecified atom stereocenters. The van der Waals surface area contributed by atoms with Gasteiger partial charge < -0.3 is 20.1 Å². The van der Waals surface area contributed by atoms with Crippen LogP contribution in [-0.2, 0) is 11.1 Å². The molecular formula is C10H13BClNO3. The summed E-state index contributed by atoms with van der Waals surface area (Å²) in [5, 5.41) is 9.70. The van der Waals surface area contributed by atoms with Gasteiger partial charge in [0.2, 0.25) is 0 Å². The van der Waals surface area contributed by atoms with Gasteiger partial charge in [-0.15, -0.1) is 12.4 Å². The number of hydrogen-bond donors (Lipinski definition) is 2. The number of hydrogen-bond acceptors (Lipinski definition) is 4. The van der Waals surface area contributed by atoms with Crippen LogP contribution in [0.4, 0.5) is 0 Å². The van der Waals surface area contributed by atoms with Crippen LogP contribution in [0.5, 0.6) is 5.75 Å². The summed E-state index contributed by atoms with van der Waals surface area (Å²) in [6, 6.07) is 3.92. The number of rotatable bonds is 1. The zero-order valence-corrected chi connectivity index (χ0v) is 9.50. The van der Waals surface area contributed by atoms with E-state index in [1.165, 1.54) is 0 Å². The van der Waals surface area contributed by atoms with Crippen LogP contribution in [-0.4, -0.2) is 25.3 Å². The molecule has 3 N–H and O–H groups in total. The predicted molar refractivity (Wildman–Crippen MR) is 63.4 cm³/mol. The largest absolute Gasteiger partial charge is 0.493 e. The Bertz CT molecular complexity index is 415. The topological polar surface area (TPSA) is 64.7 Å². The van der Waals surface area contributed by atoms with E-state index in [0.29, 0.717) is 6.54 Å². The van der Waals surface area contributed by atoms with Gasteiger partial charge >= 0.3 is 7.12 Å². The Morgan fingerprint density at radius 1 is 1.50 bits per heavy atom. The van der Waals surface area contributed by atoms with Crippen molar-refractivity contribution in [3.8, 4) is 5.75 Å². The highest BCUT2D eigenvalue weighted by molar-refractivity contribution is 6.61. The van der Waals surface area contributed by atoms with E-state index in [1.807, 2.05) is 12.1 Å². The van der Waals surface area contributed by atoms with Crippen molar-refractivity contribution in [3.05, 3.63) is 23.3 Å². The van der Waals surface area contributed by atoms with Gasteiger partial charge in [-0.25, -0.2) is 0 Å². The second kappa shape index (κ2) is 4.26. The second-order valence-corrected chi connectivity index (χ2v) is 3.90. The molecule has 0 radical (unpaired) electrons. The van der Waals surface area contributed by atoms with Crippen LogP contribution in [0, 0.1) is 0 Å². The van der Waals surface area contributed by atoms with Gasteiger partial charge in [0.1, 0.15) is 5.75 Å². The lowest BCUT2D eigenvalue weighted by Crippen LogP contribution is -2.28. The van der Waals surface area contributed by atoms with Crippen LogP contribution in [0.2, 0.25) is 0 Å². The van der Waals surface area contributed by atoms with Gasteiger partial charge in [-0.1, -0.05) is 6.07 Å². The first-order valence-electron chi connectivity index (χ1n) is 5.12. The Labute approximate surface area is 100 Å². The summed E-state index contributed by atoms with van der Waals surface area (Å²) in [4.78, 5) is 0. The van der Waals surface area contributed by atoms with Crippen molar-refractivity contribution >= 4 is 25.0 Å². The maximum atomic E-state index is 9.70. The SMILES string of the molecule is Cl.NCC1OB(O)c2cc3c(cc21)OCC3. The molecule has 4 nitrogen and oxygen atoms in total. The molecule has 0 fully saturated rings.